The minimum absolute atomic E-state index is 0.166. The summed E-state index contributed by atoms with van der Waals surface area (Å²) in [4.78, 5) is 26.0. The van der Waals surface area contributed by atoms with Crippen molar-refractivity contribution in [1.82, 2.24) is 0 Å². The average molecular weight is 833 g/mol. The molecule has 0 radical (unpaired) electrons. The third-order valence-electron chi connectivity index (χ3n) is 11.0. The average Bonchev–Trinajstić information content (AvgIpc) is 3.27. The Labute approximate surface area is 365 Å². The molecule has 8 nitrogen and oxygen atoms in total. The van der Waals surface area contributed by atoms with Gasteiger partial charge in [0.1, 0.15) is 23.0 Å². The van der Waals surface area contributed by atoms with Crippen LogP contribution in [0.3, 0.4) is 0 Å². The summed E-state index contributed by atoms with van der Waals surface area (Å²) in [6, 6.07) is 35.7. The molecule has 0 unspecified atom stereocenters. The highest BCUT2D eigenvalue weighted by Gasteiger charge is 2.26. The molecule has 1 aliphatic rings. The Balaban J connectivity index is 1.61. The highest BCUT2D eigenvalue weighted by Crippen LogP contribution is 2.43. The number of ether oxygens (including phenoxy) is 4. The van der Waals surface area contributed by atoms with E-state index in [-0.39, 0.29) is 11.1 Å². The van der Waals surface area contributed by atoms with Crippen molar-refractivity contribution in [2.24, 2.45) is 0 Å². The van der Waals surface area contributed by atoms with E-state index in [2.05, 4.69) is 76.2 Å². The predicted molar refractivity (Wildman–Crippen MR) is 245 cm³/mol. The summed E-state index contributed by atoms with van der Waals surface area (Å²) < 4.78 is 26.8. The molecule has 0 saturated heterocycles. The number of hydrogen-bond acceptors (Lipinski definition) is 6. The Morgan fingerprint density at radius 3 is 0.855 bits per heavy atom. The van der Waals surface area contributed by atoms with Crippen LogP contribution in [0.4, 0.5) is 0 Å². The van der Waals surface area contributed by atoms with E-state index in [9.17, 15) is 19.8 Å². The zero-order valence-corrected chi connectivity index (χ0v) is 36.2. The van der Waals surface area contributed by atoms with Crippen LogP contribution in [-0.4, -0.2) is 48.6 Å². The van der Waals surface area contributed by atoms with Crippen LogP contribution in [-0.2, 0) is 25.7 Å². The van der Waals surface area contributed by atoms with Crippen molar-refractivity contribution in [3.63, 3.8) is 0 Å². The van der Waals surface area contributed by atoms with E-state index in [0.29, 0.717) is 75.1 Å². The van der Waals surface area contributed by atoms with Crippen molar-refractivity contribution >= 4 is 11.9 Å². The molecule has 1 aliphatic carbocycles. The maximum atomic E-state index is 13.0. The summed E-state index contributed by atoms with van der Waals surface area (Å²) in [7, 11) is 0. The lowest BCUT2D eigenvalue weighted by atomic mass is 9.87. The van der Waals surface area contributed by atoms with E-state index < -0.39 is 11.9 Å². The fraction of sp³-hybridized carbons (Fsp3) is 0.296. The van der Waals surface area contributed by atoms with Crippen molar-refractivity contribution in [3.05, 3.63) is 165 Å². The van der Waals surface area contributed by atoms with E-state index in [1.165, 1.54) is 0 Å². The van der Waals surface area contributed by atoms with Gasteiger partial charge in [-0.2, -0.15) is 0 Å². The first-order valence-corrected chi connectivity index (χ1v) is 21.9. The third kappa shape index (κ3) is 9.97. The lowest BCUT2D eigenvalue weighted by Crippen LogP contribution is -2.12. The van der Waals surface area contributed by atoms with E-state index in [1.54, 1.807) is 24.3 Å². The number of carbonyl (C=O) groups is 2. The quantitative estimate of drug-likeness (QED) is 0.0990. The van der Waals surface area contributed by atoms with Crippen LogP contribution in [0.1, 0.15) is 119 Å². The van der Waals surface area contributed by atoms with E-state index >= 15 is 0 Å². The Kier molecular flexibility index (Phi) is 14.3. The molecule has 8 bridgehead atoms. The molecular formula is C54H56O8. The smallest absolute Gasteiger partial charge is 0.335 e. The van der Waals surface area contributed by atoms with E-state index in [1.807, 2.05) is 36.4 Å². The molecule has 6 aromatic rings. The largest absolute Gasteiger partial charge is 0.493 e. The number of carboxylic acid groups (broad SMARTS) is 2. The van der Waals surface area contributed by atoms with Gasteiger partial charge in [0.2, 0.25) is 0 Å². The molecule has 62 heavy (non-hydrogen) atoms. The Bertz CT molecular complexity index is 2250. The molecular weight excluding hydrogens is 777 g/mol. The monoisotopic (exact) mass is 832 g/mol. The molecule has 0 amide bonds. The fourth-order valence-electron chi connectivity index (χ4n) is 8.29. The van der Waals surface area contributed by atoms with E-state index in [0.717, 1.165) is 92.4 Å². The molecule has 0 heterocycles. The molecule has 8 heteroatoms. The van der Waals surface area contributed by atoms with Gasteiger partial charge in [0.25, 0.3) is 0 Å². The van der Waals surface area contributed by atoms with Gasteiger partial charge in [-0.15, -0.1) is 0 Å². The minimum atomic E-state index is -1.03. The molecule has 7 rings (SSSR count). The van der Waals surface area contributed by atoms with Crippen LogP contribution >= 0.6 is 0 Å². The van der Waals surface area contributed by atoms with Crippen LogP contribution in [0.25, 0.3) is 22.3 Å². The molecule has 6 aromatic carbocycles. The number of rotatable bonds is 16. The normalized spacial score (nSPS) is 12.1. The van der Waals surface area contributed by atoms with Gasteiger partial charge in [0, 0.05) is 25.7 Å². The SMILES string of the molecule is CCCOc1c2cc(C(=O)O)cc1Cc1cc(-c3ccccc3)cc(c1OCCC)Cc1cc(C(=O)O)cc(c1OCCC)Cc1cc(-c3ccccc3)cc(c1OCCC)C2. The number of carboxylic acids is 2. The van der Waals surface area contributed by atoms with E-state index in [4.69, 9.17) is 18.9 Å². The van der Waals surface area contributed by atoms with Gasteiger partial charge in [-0.25, -0.2) is 9.59 Å². The minimum Gasteiger partial charge on any atom is -0.493 e. The second-order valence-corrected chi connectivity index (χ2v) is 15.9. The van der Waals surface area contributed by atoms with Crippen molar-refractivity contribution in [3.8, 4) is 45.3 Å². The molecule has 0 atom stereocenters. The van der Waals surface area contributed by atoms with Crippen LogP contribution in [0.5, 0.6) is 23.0 Å². The summed E-state index contributed by atoms with van der Waals surface area (Å²) in [5.41, 5.74) is 10.6. The van der Waals surface area contributed by atoms with Gasteiger partial charge in [-0.3, -0.25) is 0 Å². The zero-order chi connectivity index (χ0) is 43.6. The molecule has 320 valence electrons. The Morgan fingerprint density at radius 1 is 0.387 bits per heavy atom. The molecule has 0 spiro atoms. The van der Waals surface area contributed by atoms with Crippen molar-refractivity contribution < 1.29 is 38.7 Å². The third-order valence-corrected chi connectivity index (χ3v) is 11.0. The van der Waals surface area contributed by atoms with Gasteiger partial charge in [-0.1, -0.05) is 88.4 Å². The van der Waals surface area contributed by atoms with Crippen LogP contribution in [0.15, 0.2) is 109 Å². The standard InChI is InChI=1S/C54H56O8/c1-5-19-59-49-39-23-37(35-15-11-9-12-16-35)24-40(49)28-44-32-48(54(57)58)34-46(52(44)62-22-8-4)30-42-26-38(36-17-13-10-14-18-36)25-41(50(42)60-20-6-2)29-45-33-47(53(55)56)31-43(27-39)51(45)61-21-7-3/h9-18,23-26,31-34H,5-8,19-22,27-30H2,1-4H3,(H,55,56)(H,57,58). The lowest BCUT2D eigenvalue weighted by molar-refractivity contribution is 0.0685. The predicted octanol–water partition coefficient (Wildman–Crippen LogP) is 12.2. The highest BCUT2D eigenvalue weighted by atomic mass is 16.5. The van der Waals surface area contributed by atoms with Crippen LogP contribution in [0.2, 0.25) is 0 Å². The topological polar surface area (TPSA) is 112 Å². The summed E-state index contributed by atoms with van der Waals surface area (Å²) in [6.45, 7) is 10.0. The first-order chi connectivity index (χ1) is 30.2. The van der Waals surface area contributed by atoms with Gasteiger partial charge in [-0.05, 0) is 141 Å². The molecule has 2 N–H and O–H groups in total. The van der Waals surface area contributed by atoms with Crippen molar-refractivity contribution in [2.75, 3.05) is 26.4 Å². The first kappa shape index (κ1) is 43.5. The summed E-state index contributed by atoms with van der Waals surface area (Å²) in [6.07, 6.45) is 4.29. The Hall–Kier alpha value is -6.54. The number of hydrogen-bond donors (Lipinski definition) is 2. The zero-order valence-electron chi connectivity index (χ0n) is 36.2. The van der Waals surface area contributed by atoms with Crippen molar-refractivity contribution in [2.45, 2.75) is 79.1 Å². The summed E-state index contributed by atoms with van der Waals surface area (Å²) >= 11 is 0. The molecule has 0 fully saturated rings. The molecule has 0 saturated carbocycles. The van der Waals surface area contributed by atoms with Gasteiger partial charge >= 0.3 is 11.9 Å². The number of fused-ring (bicyclic) bond motifs is 8. The lowest BCUT2D eigenvalue weighted by Gasteiger charge is -2.24. The maximum Gasteiger partial charge on any atom is 0.335 e. The highest BCUT2D eigenvalue weighted by molar-refractivity contribution is 5.89. The van der Waals surface area contributed by atoms with Gasteiger partial charge in [0.05, 0.1) is 37.6 Å². The summed E-state index contributed by atoms with van der Waals surface area (Å²) in [5, 5.41) is 21.3. The second-order valence-electron chi connectivity index (χ2n) is 15.9. The number of aromatic carboxylic acids is 2. The number of benzene rings is 6. The van der Waals surface area contributed by atoms with Crippen molar-refractivity contribution in [1.29, 1.82) is 0 Å². The maximum absolute atomic E-state index is 13.0. The Morgan fingerprint density at radius 2 is 0.629 bits per heavy atom. The molecule has 0 aromatic heterocycles. The van der Waals surface area contributed by atoms with Gasteiger partial charge in [0.15, 0.2) is 0 Å². The molecule has 0 aliphatic heterocycles. The van der Waals surface area contributed by atoms with Crippen LogP contribution < -0.4 is 18.9 Å². The fourth-order valence-corrected chi connectivity index (χ4v) is 8.29. The van der Waals surface area contributed by atoms with Crippen LogP contribution in [0, 0.1) is 0 Å². The van der Waals surface area contributed by atoms with Gasteiger partial charge < -0.3 is 29.2 Å². The first-order valence-electron chi connectivity index (χ1n) is 21.9. The summed E-state index contributed by atoms with van der Waals surface area (Å²) in [5.74, 6) is 0.601. The second kappa shape index (κ2) is 20.3.